The van der Waals surface area contributed by atoms with Crippen LogP contribution < -0.4 is 10.5 Å². The highest BCUT2D eigenvalue weighted by molar-refractivity contribution is 8.00. The maximum atomic E-state index is 12.9. The van der Waals surface area contributed by atoms with Crippen LogP contribution in [0.25, 0.3) is 5.57 Å². The number of esters is 1. The second kappa shape index (κ2) is 7.13. The number of nitrogens with two attached hydrogens (primary N) is 1. The van der Waals surface area contributed by atoms with E-state index in [1.54, 1.807) is 31.4 Å². The van der Waals surface area contributed by atoms with Crippen LogP contribution in [0, 0.1) is 0 Å². The highest BCUT2D eigenvalue weighted by Gasteiger charge is 2.52. The number of benzene rings is 1. The molecule has 7 nitrogen and oxygen atoms in total. The van der Waals surface area contributed by atoms with Gasteiger partial charge < -0.3 is 19.6 Å². The molecule has 2 N–H and O–H groups in total. The fourth-order valence-corrected chi connectivity index (χ4v) is 4.38. The summed E-state index contributed by atoms with van der Waals surface area (Å²) < 4.78 is 16.0. The number of amides is 1. The quantitative estimate of drug-likeness (QED) is 0.620. The first-order chi connectivity index (χ1) is 13.1. The molecule has 3 heterocycles. The largest absolute Gasteiger partial charge is 0.497 e. The normalized spacial score (nSPS) is 21.6. The molecule has 1 amide bonds. The SMILES string of the molecule is COc1ccc(COC(=O)C2=C(c3ccco3)CS[C@H]3[C@H](N)C(=O)N23)cc1. The number of nitrogens with zero attached hydrogens (tertiary/aromatic N) is 1. The van der Waals surface area contributed by atoms with Gasteiger partial charge in [0.25, 0.3) is 0 Å². The summed E-state index contributed by atoms with van der Waals surface area (Å²) in [7, 11) is 1.59. The summed E-state index contributed by atoms with van der Waals surface area (Å²) in [6.07, 6.45) is 1.53. The number of furan rings is 1. The zero-order chi connectivity index (χ0) is 19.0. The summed E-state index contributed by atoms with van der Waals surface area (Å²) in [4.78, 5) is 26.5. The molecule has 0 aliphatic carbocycles. The van der Waals surface area contributed by atoms with Crippen LogP contribution in [0.1, 0.15) is 11.3 Å². The molecule has 140 valence electrons. The Bertz CT molecular complexity index is 891. The van der Waals surface area contributed by atoms with Gasteiger partial charge in [0.1, 0.15) is 35.2 Å². The van der Waals surface area contributed by atoms with Gasteiger partial charge in [0.05, 0.1) is 13.4 Å². The summed E-state index contributed by atoms with van der Waals surface area (Å²) in [5.41, 5.74) is 7.55. The van der Waals surface area contributed by atoms with Gasteiger partial charge in [-0.2, -0.15) is 0 Å². The number of fused-ring (bicyclic) bond motifs is 1. The minimum atomic E-state index is -0.600. The van der Waals surface area contributed by atoms with Crippen molar-refractivity contribution in [2.45, 2.75) is 18.0 Å². The average Bonchev–Trinajstić information content (AvgIpc) is 3.25. The van der Waals surface area contributed by atoms with E-state index < -0.39 is 12.0 Å². The molecule has 2 atom stereocenters. The second-order valence-electron chi connectivity index (χ2n) is 6.16. The second-order valence-corrected chi connectivity index (χ2v) is 7.27. The van der Waals surface area contributed by atoms with Crippen LogP contribution in [-0.4, -0.2) is 41.1 Å². The summed E-state index contributed by atoms with van der Waals surface area (Å²) in [5.74, 6) is 0.934. The van der Waals surface area contributed by atoms with Gasteiger partial charge >= 0.3 is 5.97 Å². The molecule has 8 heteroatoms. The van der Waals surface area contributed by atoms with Crippen molar-refractivity contribution in [1.29, 1.82) is 0 Å². The lowest BCUT2D eigenvalue weighted by atomic mass is 10.0. The van der Waals surface area contributed by atoms with E-state index in [4.69, 9.17) is 19.6 Å². The number of β-lactam (4-membered cyclic amide) rings is 1. The molecule has 0 unspecified atom stereocenters. The zero-order valence-electron chi connectivity index (χ0n) is 14.6. The Morgan fingerprint density at radius 2 is 2.11 bits per heavy atom. The van der Waals surface area contributed by atoms with Crippen LogP contribution in [0.2, 0.25) is 0 Å². The van der Waals surface area contributed by atoms with Crippen molar-refractivity contribution in [2.75, 3.05) is 12.9 Å². The molecule has 0 spiro atoms. The van der Waals surface area contributed by atoms with Crippen molar-refractivity contribution < 1.29 is 23.5 Å². The highest BCUT2D eigenvalue weighted by Crippen LogP contribution is 2.43. The third kappa shape index (κ3) is 3.11. The molecule has 1 aromatic carbocycles. The van der Waals surface area contributed by atoms with Crippen molar-refractivity contribution in [3.8, 4) is 5.75 Å². The molecule has 2 aliphatic heterocycles. The Labute approximate surface area is 160 Å². The van der Waals surface area contributed by atoms with Gasteiger partial charge in [-0.15, -0.1) is 11.8 Å². The molecule has 2 aliphatic rings. The van der Waals surface area contributed by atoms with Crippen LogP contribution in [0.3, 0.4) is 0 Å². The predicted molar refractivity (Wildman–Crippen MR) is 99.5 cm³/mol. The van der Waals surface area contributed by atoms with E-state index in [-0.39, 0.29) is 23.6 Å². The van der Waals surface area contributed by atoms with Crippen molar-refractivity contribution >= 4 is 29.2 Å². The van der Waals surface area contributed by atoms with Crippen molar-refractivity contribution in [2.24, 2.45) is 5.73 Å². The molecule has 4 rings (SSSR count). The highest BCUT2D eigenvalue weighted by atomic mass is 32.2. The van der Waals surface area contributed by atoms with E-state index in [1.807, 2.05) is 12.1 Å². The van der Waals surface area contributed by atoms with Crippen LogP contribution in [0.15, 0.2) is 52.8 Å². The average molecular weight is 386 g/mol. The molecule has 0 saturated carbocycles. The Kier molecular flexibility index (Phi) is 4.67. The van der Waals surface area contributed by atoms with Crippen LogP contribution >= 0.6 is 11.8 Å². The Balaban J connectivity index is 1.58. The molecule has 0 radical (unpaired) electrons. The van der Waals surface area contributed by atoms with Gasteiger partial charge in [-0.25, -0.2) is 4.79 Å². The number of ether oxygens (including phenoxy) is 2. The molecule has 1 fully saturated rings. The van der Waals surface area contributed by atoms with Gasteiger partial charge in [0, 0.05) is 11.3 Å². The zero-order valence-corrected chi connectivity index (χ0v) is 15.4. The first-order valence-electron chi connectivity index (χ1n) is 8.37. The van der Waals surface area contributed by atoms with E-state index in [0.717, 1.165) is 11.3 Å². The lowest BCUT2D eigenvalue weighted by Gasteiger charge is -2.48. The van der Waals surface area contributed by atoms with Gasteiger partial charge in [0.15, 0.2) is 0 Å². The summed E-state index contributed by atoms with van der Waals surface area (Å²) in [6.45, 7) is 0.0870. The van der Waals surface area contributed by atoms with E-state index in [2.05, 4.69) is 0 Å². The molecule has 27 heavy (non-hydrogen) atoms. The molecule has 1 aromatic heterocycles. The van der Waals surface area contributed by atoms with Crippen molar-refractivity contribution in [1.82, 2.24) is 4.90 Å². The first-order valence-corrected chi connectivity index (χ1v) is 9.42. The van der Waals surface area contributed by atoms with Gasteiger partial charge in [-0.1, -0.05) is 12.1 Å². The first kappa shape index (κ1) is 17.7. The van der Waals surface area contributed by atoms with Crippen molar-refractivity contribution in [3.63, 3.8) is 0 Å². The van der Waals surface area contributed by atoms with Gasteiger partial charge in [-0.05, 0) is 29.8 Å². The minimum Gasteiger partial charge on any atom is -0.497 e. The molecular weight excluding hydrogens is 368 g/mol. The minimum absolute atomic E-state index is 0.0870. The maximum Gasteiger partial charge on any atom is 0.355 e. The van der Waals surface area contributed by atoms with Crippen LogP contribution in [0.5, 0.6) is 5.75 Å². The lowest BCUT2D eigenvalue weighted by Crippen LogP contribution is -2.68. The van der Waals surface area contributed by atoms with E-state index in [1.165, 1.54) is 22.9 Å². The van der Waals surface area contributed by atoms with Crippen LogP contribution in [-0.2, 0) is 20.9 Å². The van der Waals surface area contributed by atoms with E-state index in [0.29, 0.717) is 17.1 Å². The Morgan fingerprint density at radius 3 is 2.78 bits per heavy atom. The number of hydrogen-bond acceptors (Lipinski definition) is 7. The number of thioether (sulfide) groups is 1. The van der Waals surface area contributed by atoms with Gasteiger partial charge in [0.2, 0.25) is 5.91 Å². The molecular formula is C19H18N2O5S. The number of carbonyl (C=O) groups is 2. The standard InChI is InChI=1S/C19H18N2O5S/c1-24-12-6-4-11(5-7-12)9-26-19(23)16-13(14-3-2-8-25-14)10-27-18-15(20)17(22)21(16)18/h2-8,15,18H,9-10,20H2,1H3/t15-,18+/m1/s1. The number of methoxy groups -OCH3 is 1. The summed E-state index contributed by atoms with van der Waals surface area (Å²) in [6, 6.07) is 10.1. The fraction of sp³-hybridized carbons (Fsp3) is 0.263. The van der Waals surface area contributed by atoms with E-state index in [9.17, 15) is 9.59 Å². The summed E-state index contributed by atoms with van der Waals surface area (Å²) >= 11 is 1.51. The number of rotatable bonds is 5. The number of hydrogen-bond donors (Lipinski definition) is 1. The maximum absolute atomic E-state index is 12.9. The number of carbonyl (C=O) groups excluding carboxylic acids is 2. The third-order valence-electron chi connectivity index (χ3n) is 4.55. The topological polar surface area (TPSA) is 95.0 Å². The Hall–Kier alpha value is -2.71. The molecule has 0 bridgehead atoms. The monoisotopic (exact) mass is 386 g/mol. The summed E-state index contributed by atoms with van der Waals surface area (Å²) in [5, 5.41) is -0.250. The fourth-order valence-electron chi connectivity index (χ4n) is 3.08. The third-order valence-corrected chi connectivity index (χ3v) is 5.85. The predicted octanol–water partition coefficient (Wildman–Crippen LogP) is 1.99. The molecule has 2 aromatic rings. The van der Waals surface area contributed by atoms with Crippen molar-refractivity contribution in [3.05, 3.63) is 59.7 Å². The van der Waals surface area contributed by atoms with E-state index >= 15 is 0 Å². The lowest BCUT2D eigenvalue weighted by molar-refractivity contribution is -0.151. The van der Waals surface area contributed by atoms with Crippen LogP contribution in [0.4, 0.5) is 0 Å². The molecule has 1 saturated heterocycles. The van der Waals surface area contributed by atoms with Gasteiger partial charge in [-0.3, -0.25) is 9.69 Å². The Morgan fingerprint density at radius 1 is 1.33 bits per heavy atom. The smallest absolute Gasteiger partial charge is 0.355 e.